The van der Waals surface area contributed by atoms with Gasteiger partial charge in [-0.05, 0) is 53.7 Å². The standard InChI is InChI=1S/C18H28N2O5/c1-17(2,3)24-15(21)19-10-11-23-14-9-7-8-13(12-14)20-16(22)25-18(4,5)6/h7-9,12H,10-11H2,1-6H3,(H,19,21)(H,20,22). The summed E-state index contributed by atoms with van der Waals surface area (Å²) in [6.45, 7) is 11.4. The SMILES string of the molecule is CC(C)(C)OC(=O)NCCOc1cccc(NC(=O)OC(C)(C)C)c1. The largest absolute Gasteiger partial charge is 0.492 e. The molecule has 1 aromatic carbocycles. The Morgan fingerprint density at radius 3 is 2.16 bits per heavy atom. The molecule has 7 nitrogen and oxygen atoms in total. The van der Waals surface area contributed by atoms with Crippen molar-refractivity contribution in [2.75, 3.05) is 18.5 Å². The molecule has 0 unspecified atom stereocenters. The molecular formula is C18H28N2O5. The topological polar surface area (TPSA) is 85.9 Å². The van der Waals surface area contributed by atoms with E-state index in [0.717, 1.165) is 0 Å². The summed E-state index contributed by atoms with van der Waals surface area (Å²) in [7, 11) is 0. The fraction of sp³-hybridized carbons (Fsp3) is 0.556. The van der Waals surface area contributed by atoms with Crippen molar-refractivity contribution < 1.29 is 23.8 Å². The lowest BCUT2D eigenvalue weighted by molar-refractivity contribution is 0.0519. The lowest BCUT2D eigenvalue weighted by atomic mass is 10.2. The van der Waals surface area contributed by atoms with Crippen LogP contribution in [0.2, 0.25) is 0 Å². The molecule has 140 valence electrons. The predicted molar refractivity (Wildman–Crippen MR) is 96.0 cm³/mol. The number of nitrogens with one attached hydrogen (secondary N) is 2. The molecule has 0 saturated carbocycles. The molecule has 1 rings (SSSR count). The first-order valence-corrected chi connectivity index (χ1v) is 8.14. The van der Waals surface area contributed by atoms with Crippen LogP contribution in [0, 0.1) is 0 Å². The van der Waals surface area contributed by atoms with Gasteiger partial charge in [-0.15, -0.1) is 0 Å². The summed E-state index contributed by atoms with van der Waals surface area (Å²) in [4.78, 5) is 23.3. The van der Waals surface area contributed by atoms with Crippen molar-refractivity contribution in [2.24, 2.45) is 0 Å². The maximum Gasteiger partial charge on any atom is 0.412 e. The first-order chi connectivity index (χ1) is 11.4. The van der Waals surface area contributed by atoms with E-state index in [0.29, 0.717) is 18.0 Å². The Morgan fingerprint density at radius 1 is 0.960 bits per heavy atom. The van der Waals surface area contributed by atoms with E-state index in [9.17, 15) is 9.59 Å². The van der Waals surface area contributed by atoms with Crippen LogP contribution in [0.5, 0.6) is 5.75 Å². The van der Waals surface area contributed by atoms with Gasteiger partial charge in [-0.25, -0.2) is 9.59 Å². The number of anilines is 1. The van der Waals surface area contributed by atoms with Crippen molar-refractivity contribution in [3.63, 3.8) is 0 Å². The summed E-state index contributed by atoms with van der Waals surface area (Å²) in [5.41, 5.74) is -0.537. The van der Waals surface area contributed by atoms with Gasteiger partial charge in [0.15, 0.2) is 0 Å². The number of alkyl carbamates (subject to hydrolysis) is 1. The van der Waals surface area contributed by atoms with Crippen LogP contribution in [-0.4, -0.2) is 36.5 Å². The molecule has 0 aliphatic carbocycles. The van der Waals surface area contributed by atoms with E-state index in [-0.39, 0.29) is 6.61 Å². The third-order valence-corrected chi connectivity index (χ3v) is 2.52. The summed E-state index contributed by atoms with van der Waals surface area (Å²) >= 11 is 0. The van der Waals surface area contributed by atoms with Crippen molar-refractivity contribution in [3.05, 3.63) is 24.3 Å². The van der Waals surface area contributed by atoms with Gasteiger partial charge >= 0.3 is 12.2 Å². The number of carbonyl (C=O) groups excluding carboxylic acids is 2. The second-order valence-corrected chi connectivity index (χ2v) is 7.43. The van der Waals surface area contributed by atoms with Gasteiger partial charge in [0.2, 0.25) is 0 Å². The number of amides is 2. The van der Waals surface area contributed by atoms with Gasteiger partial charge in [0, 0.05) is 11.8 Å². The molecule has 2 amide bonds. The highest BCUT2D eigenvalue weighted by Gasteiger charge is 2.17. The minimum Gasteiger partial charge on any atom is -0.492 e. The molecule has 0 aliphatic heterocycles. The van der Waals surface area contributed by atoms with Crippen molar-refractivity contribution in [1.29, 1.82) is 0 Å². The van der Waals surface area contributed by atoms with Crippen LogP contribution in [0.15, 0.2) is 24.3 Å². The summed E-state index contributed by atoms with van der Waals surface area (Å²) in [6.07, 6.45) is -1.02. The summed E-state index contributed by atoms with van der Waals surface area (Å²) in [5, 5.41) is 5.25. The van der Waals surface area contributed by atoms with E-state index in [1.54, 1.807) is 65.8 Å². The molecule has 0 atom stereocenters. The van der Waals surface area contributed by atoms with Crippen LogP contribution >= 0.6 is 0 Å². The molecule has 25 heavy (non-hydrogen) atoms. The van der Waals surface area contributed by atoms with Gasteiger partial charge in [-0.3, -0.25) is 5.32 Å². The van der Waals surface area contributed by atoms with Gasteiger partial charge in [0.1, 0.15) is 23.6 Å². The fourth-order valence-corrected chi connectivity index (χ4v) is 1.72. The number of ether oxygens (including phenoxy) is 3. The Bertz CT molecular complexity index is 588. The third-order valence-electron chi connectivity index (χ3n) is 2.52. The van der Waals surface area contributed by atoms with Crippen LogP contribution in [0.3, 0.4) is 0 Å². The number of hydrogen-bond donors (Lipinski definition) is 2. The number of benzene rings is 1. The molecule has 0 radical (unpaired) electrons. The van der Waals surface area contributed by atoms with E-state index >= 15 is 0 Å². The van der Waals surface area contributed by atoms with Crippen molar-refractivity contribution >= 4 is 17.9 Å². The Morgan fingerprint density at radius 2 is 1.56 bits per heavy atom. The van der Waals surface area contributed by atoms with Gasteiger partial charge in [-0.2, -0.15) is 0 Å². The first-order valence-electron chi connectivity index (χ1n) is 8.14. The second-order valence-electron chi connectivity index (χ2n) is 7.43. The summed E-state index contributed by atoms with van der Waals surface area (Å²) < 4.78 is 15.9. The van der Waals surface area contributed by atoms with Crippen molar-refractivity contribution in [3.8, 4) is 5.75 Å². The minimum absolute atomic E-state index is 0.273. The Kier molecular flexibility index (Phi) is 7.09. The molecule has 2 N–H and O–H groups in total. The molecule has 0 bridgehead atoms. The maximum atomic E-state index is 11.8. The molecule has 7 heteroatoms. The minimum atomic E-state index is -0.564. The van der Waals surface area contributed by atoms with Crippen LogP contribution in [0.4, 0.5) is 15.3 Å². The smallest absolute Gasteiger partial charge is 0.412 e. The quantitative estimate of drug-likeness (QED) is 0.784. The average molecular weight is 352 g/mol. The van der Waals surface area contributed by atoms with Crippen molar-refractivity contribution in [2.45, 2.75) is 52.7 Å². The van der Waals surface area contributed by atoms with Crippen molar-refractivity contribution in [1.82, 2.24) is 5.32 Å². The average Bonchev–Trinajstić information content (AvgIpc) is 2.40. The monoisotopic (exact) mass is 352 g/mol. The Hall–Kier alpha value is -2.44. The first kappa shape index (κ1) is 20.6. The maximum absolute atomic E-state index is 11.8. The number of carbonyl (C=O) groups is 2. The number of hydrogen-bond acceptors (Lipinski definition) is 5. The Balaban J connectivity index is 2.41. The highest BCUT2D eigenvalue weighted by atomic mass is 16.6. The second kappa shape index (κ2) is 8.60. The molecule has 0 heterocycles. The van der Waals surface area contributed by atoms with E-state index in [2.05, 4.69) is 10.6 Å². The predicted octanol–water partition coefficient (Wildman–Crippen LogP) is 3.94. The molecular weight excluding hydrogens is 324 g/mol. The van der Waals surface area contributed by atoms with Gasteiger partial charge < -0.3 is 19.5 Å². The van der Waals surface area contributed by atoms with Crippen LogP contribution in [0.25, 0.3) is 0 Å². The van der Waals surface area contributed by atoms with Gasteiger partial charge in [0.05, 0.1) is 6.54 Å². The van der Waals surface area contributed by atoms with Gasteiger partial charge in [0.25, 0.3) is 0 Å². The number of rotatable bonds is 5. The molecule has 0 saturated heterocycles. The lowest BCUT2D eigenvalue weighted by Crippen LogP contribution is -2.34. The van der Waals surface area contributed by atoms with Crippen LogP contribution in [-0.2, 0) is 9.47 Å². The van der Waals surface area contributed by atoms with Crippen LogP contribution < -0.4 is 15.4 Å². The van der Waals surface area contributed by atoms with E-state index < -0.39 is 23.4 Å². The highest BCUT2D eigenvalue weighted by Crippen LogP contribution is 2.18. The van der Waals surface area contributed by atoms with E-state index in [1.165, 1.54) is 0 Å². The highest BCUT2D eigenvalue weighted by molar-refractivity contribution is 5.85. The zero-order valence-electron chi connectivity index (χ0n) is 15.8. The Labute approximate surface area is 149 Å². The normalized spacial score (nSPS) is 11.4. The summed E-state index contributed by atoms with van der Waals surface area (Å²) in [5.74, 6) is 0.569. The van der Waals surface area contributed by atoms with E-state index in [4.69, 9.17) is 14.2 Å². The van der Waals surface area contributed by atoms with Gasteiger partial charge in [-0.1, -0.05) is 6.07 Å². The summed E-state index contributed by atoms with van der Waals surface area (Å²) in [6, 6.07) is 6.92. The molecule has 0 spiro atoms. The molecule has 1 aromatic rings. The van der Waals surface area contributed by atoms with E-state index in [1.807, 2.05) is 0 Å². The lowest BCUT2D eigenvalue weighted by Gasteiger charge is -2.20. The molecule has 0 aliphatic rings. The zero-order valence-corrected chi connectivity index (χ0v) is 15.8. The zero-order chi connectivity index (χ0) is 19.1. The third kappa shape index (κ3) is 10.1. The molecule has 0 aromatic heterocycles. The molecule has 0 fully saturated rings. The van der Waals surface area contributed by atoms with Crippen LogP contribution in [0.1, 0.15) is 41.5 Å². The fourth-order valence-electron chi connectivity index (χ4n) is 1.72.